The number of aromatic nitrogens is 1. The highest BCUT2D eigenvalue weighted by Crippen LogP contribution is 2.44. The van der Waals surface area contributed by atoms with E-state index < -0.39 is 0 Å². The van der Waals surface area contributed by atoms with E-state index in [1.807, 2.05) is 53.1 Å². The number of aryl methyl sites for hydroxylation is 1. The Balaban J connectivity index is 1.66. The first kappa shape index (κ1) is 24.7. The van der Waals surface area contributed by atoms with E-state index in [9.17, 15) is 4.79 Å². The summed E-state index contributed by atoms with van der Waals surface area (Å²) in [6.45, 7) is 0. The van der Waals surface area contributed by atoms with Gasteiger partial charge in [0.15, 0.2) is 4.80 Å². The van der Waals surface area contributed by atoms with Gasteiger partial charge >= 0.3 is 0 Å². The van der Waals surface area contributed by atoms with Crippen molar-refractivity contribution in [3.8, 4) is 17.2 Å². The highest BCUT2D eigenvalue weighted by molar-refractivity contribution is 9.10. The molecular formula is C30H25BrN2O4S. The maximum Gasteiger partial charge on any atom is 0.271 e. The lowest BCUT2D eigenvalue weighted by Crippen LogP contribution is -2.39. The Morgan fingerprint density at radius 2 is 1.76 bits per heavy atom. The second-order valence-corrected chi connectivity index (χ2v) is 11.0. The van der Waals surface area contributed by atoms with Crippen molar-refractivity contribution in [1.29, 1.82) is 0 Å². The van der Waals surface area contributed by atoms with Crippen molar-refractivity contribution in [2.75, 3.05) is 21.3 Å². The number of hydrogen-bond donors (Lipinski definition) is 0. The van der Waals surface area contributed by atoms with E-state index in [1.165, 1.54) is 16.9 Å². The van der Waals surface area contributed by atoms with E-state index in [1.54, 1.807) is 21.3 Å². The van der Waals surface area contributed by atoms with Gasteiger partial charge in [0.25, 0.3) is 5.56 Å². The summed E-state index contributed by atoms with van der Waals surface area (Å²) in [4.78, 5) is 19.8. The van der Waals surface area contributed by atoms with Crippen LogP contribution in [-0.4, -0.2) is 25.9 Å². The third-order valence-corrected chi connectivity index (χ3v) is 8.56. The number of allylic oxidation sites excluding steroid dienone is 1. The van der Waals surface area contributed by atoms with E-state index >= 15 is 0 Å². The Labute approximate surface area is 232 Å². The molecule has 2 aliphatic rings. The molecule has 8 heteroatoms. The molecule has 0 N–H and O–H groups in total. The minimum absolute atomic E-state index is 0.101. The third kappa shape index (κ3) is 4.08. The Hall–Kier alpha value is -3.62. The van der Waals surface area contributed by atoms with Gasteiger partial charge in [-0.05, 0) is 66.5 Å². The fraction of sp³-hybridized carbons (Fsp3) is 0.200. The smallest absolute Gasteiger partial charge is 0.271 e. The number of halogens is 1. The van der Waals surface area contributed by atoms with Crippen molar-refractivity contribution < 1.29 is 14.2 Å². The Bertz CT molecular complexity index is 1790. The molecule has 0 saturated carbocycles. The van der Waals surface area contributed by atoms with Crippen LogP contribution in [0.2, 0.25) is 0 Å². The SMILES string of the molecule is COc1ccc(OC)c(C2C3=C(N=c4sc(=Cc5cc(Br)ccc5OC)c(=O)n42)c2ccccc2CC3)c1. The average Bonchev–Trinajstić information content (AvgIpc) is 3.25. The van der Waals surface area contributed by atoms with Crippen molar-refractivity contribution in [2.24, 2.45) is 4.99 Å². The summed E-state index contributed by atoms with van der Waals surface area (Å²) in [6, 6.07) is 19.5. The van der Waals surface area contributed by atoms with Crippen LogP contribution >= 0.6 is 27.3 Å². The molecule has 6 nitrogen and oxygen atoms in total. The van der Waals surface area contributed by atoms with Gasteiger partial charge in [-0.3, -0.25) is 9.36 Å². The quantitative estimate of drug-likeness (QED) is 0.325. The Morgan fingerprint density at radius 3 is 2.55 bits per heavy atom. The molecule has 0 saturated heterocycles. The topological polar surface area (TPSA) is 62.0 Å². The normalized spacial score (nSPS) is 16.3. The highest BCUT2D eigenvalue weighted by atomic mass is 79.9. The van der Waals surface area contributed by atoms with Crippen molar-refractivity contribution in [3.63, 3.8) is 0 Å². The standard InChI is InChI=1S/C30H25BrN2O4S/c1-35-20-10-13-25(37-3)23(16-20)28-22-11-8-17-6-4-5-7-21(17)27(22)32-30-33(28)29(34)26(38-30)15-18-14-19(31)9-12-24(18)36-2/h4-7,9-10,12-16,28H,8,11H2,1-3H3. The first-order valence-corrected chi connectivity index (χ1v) is 13.8. The monoisotopic (exact) mass is 588 g/mol. The van der Waals surface area contributed by atoms with Gasteiger partial charge < -0.3 is 14.2 Å². The largest absolute Gasteiger partial charge is 0.497 e. The van der Waals surface area contributed by atoms with Crippen molar-refractivity contribution in [1.82, 2.24) is 4.57 Å². The first-order chi connectivity index (χ1) is 18.5. The predicted molar refractivity (Wildman–Crippen MR) is 153 cm³/mol. The molecule has 38 heavy (non-hydrogen) atoms. The molecule has 1 unspecified atom stereocenters. The number of thiazole rings is 1. The number of hydrogen-bond acceptors (Lipinski definition) is 6. The Morgan fingerprint density at radius 1 is 0.974 bits per heavy atom. The summed E-state index contributed by atoms with van der Waals surface area (Å²) in [7, 11) is 4.92. The molecule has 0 amide bonds. The average molecular weight is 590 g/mol. The molecule has 1 atom stereocenters. The predicted octanol–water partition coefficient (Wildman–Crippen LogP) is 5.11. The fourth-order valence-corrected chi connectivity index (χ4v) is 6.68. The third-order valence-electron chi connectivity index (χ3n) is 7.08. The lowest BCUT2D eigenvalue weighted by Gasteiger charge is -2.31. The zero-order valence-corrected chi connectivity index (χ0v) is 23.6. The molecule has 2 heterocycles. The molecule has 0 fully saturated rings. The van der Waals surface area contributed by atoms with E-state index in [0.717, 1.165) is 45.3 Å². The van der Waals surface area contributed by atoms with Crippen LogP contribution in [0.15, 0.2) is 80.5 Å². The Kier molecular flexibility index (Phi) is 6.45. The lowest BCUT2D eigenvalue weighted by molar-refractivity contribution is 0.392. The van der Waals surface area contributed by atoms with E-state index in [0.29, 0.717) is 26.6 Å². The number of ether oxygens (including phenoxy) is 3. The van der Waals surface area contributed by atoms with Crippen LogP contribution in [0, 0.1) is 0 Å². The molecule has 0 bridgehead atoms. The molecule has 6 rings (SSSR count). The fourth-order valence-electron chi connectivity index (χ4n) is 5.31. The van der Waals surface area contributed by atoms with Crippen LogP contribution < -0.4 is 29.1 Å². The summed E-state index contributed by atoms with van der Waals surface area (Å²) >= 11 is 4.92. The molecule has 1 aliphatic carbocycles. The summed E-state index contributed by atoms with van der Waals surface area (Å²) in [5.41, 5.74) is 6.02. The second kappa shape index (κ2) is 9.93. The van der Waals surface area contributed by atoms with E-state index in [2.05, 4.69) is 34.1 Å². The summed E-state index contributed by atoms with van der Waals surface area (Å²) in [5, 5.41) is 0. The summed E-state index contributed by atoms with van der Waals surface area (Å²) in [5.74, 6) is 2.10. The molecule has 1 aliphatic heterocycles. The lowest BCUT2D eigenvalue weighted by atomic mass is 9.83. The van der Waals surface area contributed by atoms with Gasteiger partial charge in [-0.25, -0.2) is 4.99 Å². The van der Waals surface area contributed by atoms with Crippen LogP contribution in [0.5, 0.6) is 17.2 Å². The van der Waals surface area contributed by atoms with E-state index in [-0.39, 0.29) is 11.6 Å². The molecule has 3 aromatic carbocycles. The zero-order valence-electron chi connectivity index (χ0n) is 21.2. The van der Waals surface area contributed by atoms with E-state index in [4.69, 9.17) is 19.2 Å². The number of methoxy groups -OCH3 is 3. The van der Waals surface area contributed by atoms with Gasteiger partial charge in [0.05, 0.1) is 37.6 Å². The molecule has 0 spiro atoms. The minimum Gasteiger partial charge on any atom is -0.497 e. The highest BCUT2D eigenvalue weighted by Gasteiger charge is 2.34. The number of rotatable bonds is 5. The van der Waals surface area contributed by atoms with Gasteiger partial charge in [-0.1, -0.05) is 51.5 Å². The van der Waals surface area contributed by atoms with Crippen LogP contribution in [0.1, 0.15) is 34.7 Å². The number of benzene rings is 3. The van der Waals surface area contributed by atoms with Crippen LogP contribution in [0.3, 0.4) is 0 Å². The molecular weight excluding hydrogens is 564 g/mol. The number of fused-ring (bicyclic) bond motifs is 3. The minimum atomic E-state index is -0.369. The van der Waals surface area contributed by atoms with Crippen LogP contribution in [-0.2, 0) is 6.42 Å². The van der Waals surface area contributed by atoms with Gasteiger partial charge in [0.1, 0.15) is 17.2 Å². The molecule has 0 radical (unpaired) electrons. The van der Waals surface area contributed by atoms with Crippen LogP contribution in [0.4, 0.5) is 0 Å². The van der Waals surface area contributed by atoms with Crippen molar-refractivity contribution >= 4 is 39.0 Å². The molecule has 4 aromatic rings. The summed E-state index contributed by atoms with van der Waals surface area (Å²) < 4.78 is 20.2. The maximum atomic E-state index is 14.1. The zero-order chi connectivity index (χ0) is 26.4. The second-order valence-electron chi connectivity index (χ2n) is 9.11. The van der Waals surface area contributed by atoms with Crippen molar-refractivity contribution in [2.45, 2.75) is 18.9 Å². The molecule has 1 aromatic heterocycles. The van der Waals surface area contributed by atoms with Gasteiger partial charge in [0.2, 0.25) is 0 Å². The molecule has 192 valence electrons. The van der Waals surface area contributed by atoms with Gasteiger partial charge in [-0.15, -0.1) is 0 Å². The maximum absolute atomic E-state index is 14.1. The van der Waals surface area contributed by atoms with Gasteiger partial charge in [0, 0.05) is 21.2 Å². The van der Waals surface area contributed by atoms with Crippen LogP contribution in [0.25, 0.3) is 11.8 Å². The number of nitrogens with zero attached hydrogens (tertiary/aromatic N) is 2. The first-order valence-electron chi connectivity index (χ1n) is 12.2. The van der Waals surface area contributed by atoms with Crippen molar-refractivity contribution in [3.05, 3.63) is 113 Å². The summed E-state index contributed by atoms with van der Waals surface area (Å²) in [6.07, 6.45) is 3.56. The van der Waals surface area contributed by atoms with Gasteiger partial charge in [-0.2, -0.15) is 0 Å².